The Kier molecular flexibility index (Phi) is 6.12. The van der Waals surface area contributed by atoms with Gasteiger partial charge < -0.3 is 10.5 Å². The number of ether oxygens (including phenoxy) is 1. The number of thiophene rings is 1. The lowest BCUT2D eigenvalue weighted by Crippen LogP contribution is -2.54. The van der Waals surface area contributed by atoms with Crippen molar-refractivity contribution >= 4 is 11.3 Å². The molecule has 1 heterocycles. The van der Waals surface area contributed by atoms with Crippen LogP contribution in [0.5, 0.6) is 0 Å². The van der Waals surface area contributed by atoms with Gasteiger partial charge >= 0.3 is 0 Å². The summed E-state index contributed by atoms with van der Waals surface area (Å²) >= 11 is 1.79. The number of nitrogens with zero attached hydrogens (tertiary/aromatic N) is 1. The second-order valence-corrected chi connectivity index (χ2v) is 5.46. The van der Waals surface area contributed by atoms with Gasteiger partial charge in [0.05, 0.1) is 12.1 Å². The van der Waals surface area contributed by atoms with Gasteiger partial charge in [-0.15, -0.1) is 11.3 Å². The molecular formula is C13H24N2OS. The van der Waals surface area contributed by atoms with Crippen molar-refractivity contribution < 1.29 is 4.74 Å². The summed E-state index contributed by atoms with van der Waals surface area (Å²) in [7, 11) is 0. The SMILES string of the molecule is CCOCC(C)(CN)N(CC)Cc1cccs1. The van der Waals surface area contributed by atoms with E-state index in [4.69, 9.17) is 10.5 Å². The molecule has 0 radical (unpaired) electrons. The smallest absolute Gasteiger partial charge is 0.0660 e. The Morgan fingerprint density at radius 2 is 2.24 bits per heavy atom. The molecule has 3 nitrogen and oxygen atoms in total. The predicted octanol–water partition coefficient (Wildman–Crippen LogP) is 2.32. The summed E-state index contributed by atoms with van der Waals surface area (Å²) in [6, 6.07) is 4.26. The molecule has 0 saturated carbocycles. The molecule has 0 aromatic carbocycles. The van der Waals surface area contributed by atoms with E-state index in [0.717, 1.165) is 19.7 Å². The van der Waals surface area contributed by atoms with Crippen LogP contribution in [0.3, 0.4) is 0 Å². The summed E-state index contributed by atoms with van der Waals surface area (Å²) in [5.74, 6) is 0. The largest absolute Gasteiger partial charge is 0.380 e. The lowest BCUT2D eigenvalue weighted by atomic mass is 10.0. The fourth-order valence-electron chi connectivity index (χ4n) is 1.88. The van der Waals surface area contributed by atoms with Crippen LogP contribution in [0.2, 0.25) is 0 Å². The minimum Gasteiger partial charge on any atom is -0.380 e. The quantitative estimate of drug-likeness (QED) is 0.776. The third-order valence-corrected chi connectivity index (χ3v) is 3.99. The van der Waals surface area contributed by atoms with E-state index in [1.54, 1.807) is 11.3 Å². The van der Waals surface area contributed by atoms with Crippen molar-refractivity contribution in [3.05, 3.63) is 22.4 Å². The number of hydrogen-bond acceptors (Lipinski definition) is 4. The number of hydrogen-bond donors (Lipinski definition) is 1. The zero-order chi connectivity index (χ0) is 12.7. The van der Waals surface area contributed by atoms with Crippen molar-refractivity contribution in [2.24, 2.45) is 5.73 Å². The van der Waals surface area contributed by atoms with Gasteiger partial charge in [-0.2, -0.15) is 0 Å². The van der Waals surface area contributed by atoms with Crippen molar-refractivity contribution in [3.63, 3.8) is 0 Å². The molecule has 2 N–H and O–H groups in total. The maximum absolute atomic E-state index is 5.93. The predicted molar refractivity (Wildman–Crippen MR) is 74.4 cm³/mol. The van der Waals surface area contributed by atoms with Crippen LogP contribution in [-0.2, 0) is 11.3 Å². The van der Waals surface area contributed by atoms with Crippen LogP contribution in [0.25, 0.3) is 0 Å². The molecule has 0 aliphatic heterocycles. The van der Waals surface area contributed by atoms with E-state index in [2.05, 4.69) is 36.3 Å². The Hall–Kier alpha value is -0.420. The third-order valence-electron chi connectivity index (χ3n) is 3.13. The number of likely N-dealkylation sites (N-methyl/N-ethyl adjacent to an activating group) is 1. The van der Waals surface area contributed by atoms with Gasteiger partial charge in [0.25, 0.3) is 0 Å². The molecule has 1 aromatic rings. The summed E-state index contributed by atoms with van der Waals surface area (Å²) in [5, 5.41) is 2.12. The average Bonchev–Trinajstić information content (AvgIpc) is 2.86. The summed E-state index contributed by atoms with van der Waals surface area (Å²) < 4.78 is 5.57. The number of rotatable bonds is 8. The van der Waals surface area contributed by atoms with Crippen molar-refractivity contribution in [3.8, 4) is 0 Å². The van der Waals surface area contributed by atoms with Gasteiger partial charge in [-0.05, 0) is 31.8 Å². The van der Waals surface area contributed by atoms with Crippen molar-refractivity contribution in [2.75, 3.05) is 26.3 Å². The highest BCUT2D eigenvalue weighted by molar-refractivity contribution is 7.09. The standard InChI is InChI=1S/C13H24N2OS/c1-4-15(9-12-7-6-8-17-12)13(3,10-14)11-16-5-2/h6-8H,4-5,9-11,14H2,1-3H3. The molecule has 4 heteroatoms. The highest BCUT2D eigenvalue weighted by Gasteiger charge is 2.29. The second-order valence-electron chi connectivity index (χ2n) is 4.43. The highest BCUT2D eigenvalue weighted by Crippen LogP contribution is 2.20. The molecule has 0 saturated heterocycles. The monoisotopic (exact) mass is 256 g/mol. The van der Waals surface area contributed by atoms with E-state index < -0.39 is 0 Å². The Balaban J connectivity index is 2.68. The minimum atomic E-state index is -0.0747. The Labute approximate surface area is 109 Å². The maximum atomic E-state index is 5.93. The van der Waals surface area contributed by atoms with E-state index >= 15 is 0 Å². The van der Waals surface area contributed by atoms with Gasteiger partial charge in [0.15, 0.2) is 0 Å². The maximum Gasteiger partial charge on any atom is 0.0660 e. The molecule has 1 rings (SSSR count). The molecule has 98 valence electrons. The van der Waals surface area contributed by atoms with Crippen LogP contribution in [0, 0.1) is 0 Å². The van der Waals surface area contributed by atoms with Crippen LogP contribution in [0.1, 0.15) is 25.6 Å². The second kappa shape index (κ2) is 7.11. The van der Waals surface area contributed by atoms with Gasteiger partial charge in [-0.1, -0.05) is 13.0 Å². The van der Waals surface area contributed by atoms with Crippen LogP contribution < -0.4 is 5.73 Å². The first-order chi connectivity index (χ1) is 8.16. The zero-order valence-electron chi connectivity index (χ0n) is 11.1. The molecule has 0 bridgehead atoms. The van der Waals surface area contributed by atoms with Crippen LogP contribution in [0.15, 0.2) is 17.5 Å². The molecule has 0 aliphatic rings. The lowest BCUT2D eigenvalue weighted by Gasteiger charge is -2.39. The van der Waals surface area contributed by atoms with Crippen molar-refractivity contribution in [1.29, 1.82) is 0 Å². The van der Waals surface area contributed by atoms with Crippen LogP contribution in [-0.4, -0.2) is 36.7 Å². The van der Waals surface area contributed by atoms with Crippen molar-refractivity contribution in [2.45, 2.75) is 32.9 Å². The fourth-order valence-corrected chi connectivity index (χ4v) is 2.60. The lowest BCUT2D eigenvalue weighted by molar-refractivity contribution is 0.00886. The third kappa shape index (κ3) is 4.07. The average molecular weight is 256 g/mol. The van der Waals surface area contributed by atoms with Gasteiger partial charge in [-0.25, -0.2) is 0 Å². The minimum absolute atomic E-state index is 0.0747. The fraction of sp³-hybridized carbons (Fsp3) is 0.692. The summed E-state index contributed by atoms with van der Waals surface area (Å²) in [6.45, 7) is 10.4. The van der Waals surface area contributed by atoms with Crippen LogP contribution in [0.4, 0.5) is 0 Å². The summed E-state index contributed by atoms with van der Waals surface area (Å²) in [5.41, 5.74) is 5.86. The van der Waals surface area contributed by atoms with Crippen LogP contribution >= 0.6 is 11.3 Å². The Morgan fingerprint density at radius 3 is 2.71 bits per heavy atom. The molecule has 1 atom stereocenters. The topological polar surface area (TPSA) is 38.5 Å². The molecule has 0 spiro atoms. The Morgan fingerprint density at radius 1 is 1.47 bits per heavy atom. The molecule has 1 aromatic heterocycles. The molecular weight excluding hydrogens is 232 g/mol. The van der Waals surface area contributed by atoms with E-state index in [-0.39, 0.29) is 5.54 Å². The molecule has 0 amide bonds. The first-order valence-electron chi connectivity index (χ1n) is 6.21. The van der Waals surface area contributed by atoms with Crippen molar-refractivity contribution in [1.82, 2.24) is 4.90 Å². The first kappa shape index (κ1) is 14.6. The first-order valence-corrected chi connectivity index (χ1v) is 7.09. The Bertz CT molecular complexity index is 302. The number of nitrogens with two attached hydrogens (primary N) is 1. The van der Waals surface area contributed by atoms with Gasteiger partial charge in [0, 0.05) is 24.6 Å². The zero-order valence-corrected chi connectivity index (χ0v) is 11.9. The van der Waals surface area contributed by atoms with E-state index in [1.807, 2.05) is 6.92 Å². The van der Waals surface area contributed by atoms with E-state index in [1.165, 1.54) is 4.88 Å². The van der Waals surface area contributed by atoms with Gasteiger partial charge in [0.2, 0.25) is 0 Å². The molecule has 1 unspecified atom stereocenters. The molecule has 0 fully saturated rings. The normalized spacial score (nSPS) is 15.1. The van der Waals surface area contributed by atoms with Gasteiger partial charge in [0.1, 0.15) is 0 Å². The molecule has 17 heavy (non-hydrogen) atoms. The van der Waals surface area contributed by atoms with E-state index in [0.29, 0.717) is 13.2 Å². The highest BCUT2D eigenvalue weighted by atomic mass is 32.1. The van der Waals surface area contributed by atoms with Gasteiger partial charge in [-0.3, -0.25) is 4.90 Å². The van der Waals surface area contributed by atoms with E-state index in [9.17, 15) is 0 Å². The molecule has 0 aliphatic carbocycles. The summed E-state index contributed by atoms with van der Waals surface area (Å²) in [4.78, 5) is 3.78. The summed E-state index contributed by atoms with van der Waals surface area (Å²) in [6.07, 6.45) is 0.